The highest BCUT2D eigenvalue weighted by molar-refractivity contribution is 7.13. The van der Waals surface area contributed by atoms with Crippen molar-refractivity contribution in [2.24, 2.45) is 0 Å². The molecule has 0 unspecified atom stereocenters. The molecule has 1 amide bonds. The normalized spacial score (nSPS) is 14.9. The van der Waals surface area contributed by atoms with Gasteiger partial charge in [0.15, 0.2) is 0 Å². The third-order valence-corrected chi connectivity index (χ3v) is 4.03. The molecule has 1 aliphatic rings. The van der Waals surface area contributed by atoms with E-state index in [9.17, 15) is 4.79 Å². The molecule has 0 spiro atoms. The Kier molecular flexibility index (Phi) is 3.94. The Hall–Kier alpha value is -1.92. The Morgan fingerprint density at radius 1 is 1.55 bits per heavy atom. The summed E-state index contributed by atoms with van der Waals surface area (Å²) in [5, 5.41) is 8.73. The average Bonchev–Trinajstić information content (AvgIpc) is 3.16. The van der Waals surface area contributed by atoms with E-state index in [0.29, 0.717) is 12.2 Å². The maximum Gasteiger partial charge on any atom is 0.271 e. The molecule has 0 saturated carbocycles. The van der Waals surface area contributed by atoms with Gasteiger partial charge in [0.25, 0.3) is 5.91 Å². The highest BCUT2D eigenvalue weighted by Gasteiger charge is 2.13. The quantitative estimate of drug-likeness (QED) is 0.845. The van der Waals surface area contributed by atoms with Crippen LogP contribution in [0.2, 0.25) is 0 Å². The van der Waals surface area contributed by atoms with E-state index in [1.807, 2.05) is 6.07 Å². The summed E-state index contributed by atoms with van der Waals surface area (Å²) in [7, 11) is 0. The highest BCUT2D eigenvalue weighted by atomic mass is 32.1. The molecule has 2 aromatic rings. The fraction of sp³-hybridized carbons (Fsp3) is 0.286. The van der Waals surface area contributed by atoms with Crippen molar-refractivity contribution in [3.8, 4) is 10.6 Å². The molecule has 0 atom stereocenters. The fourth-order valence-electron chi connectivity index (χ4n) is 2.01. The van der Waals surface area contributed by atoms with E-state index in [4.69, 9.17) is 4.42 Å². The van der Waals surface area contributed by atoms with Gasteiger partial charge in [-0.05, 0) is 19.0 Å². The summed E-state index contributed by atoms with van der Waals surface area (Å²) in [6.45, 7) is 2.45. The van der Waals surface area contributed by atoms with E-state index < -0.39 is 0 Å². The van der Waals surface area contributed by atoms with Crippen LogP contribution in [0.15, 0.2) is 40.0 Å². The van der Waals surface area contributed by atoms with Gasteiger partial charge in [-0.3, -0.25) is 4.79 Å². The number of furan rings is 1. The first kappa shape index (κ1) is 13.1. The molecular weight excluding hydrogens is 274 g/mol. The predicted molar refractivity (Wildman–Crippen MR) is 77.7 cm³/mol. The van der Waals surface area contributed by atoms with Crippen LogP contribution in [0, 0.1) is 0 Å². The van der Waals surface area contributed by atoms with Crippen molar-refractivity contribution < 1.29 is 9.21 Å². The Bertz CT molecular complexity index is 616. The number of hydrogen-bond acceptors (Lipinski definition) is 5. The van der Waals surface area contributed by atoms with Gasteiger partial charge in [0.05, 0.1) is 6.26 Å². The summed E-state index contributed by atoms with van der Waals surface area (Å²) < 4.78 is 5.02. The number of nitrogens with one attached hydrogen (secondary N) is 2. The number of carbonyl (C=O) groups excluding carboxylic acids is 1. The van der Waals surface area contributed by atoms with Crippen molar-refractivity contribution in [2.75, 3.05) is 19.6 Å². The number of rotatable bonds is 4. The van der Waals surface area contributed by atoms with Crippen molar-refractivity contribution in [3.63, 3.8) is 0 Å². The van der Waals surface area contributed by atoms with E-state index in [1.54, 1.807) is 17.9 Å². The van der Waals surface area contributed by atoms with Crippen molar-refractivity contribution in [1.82, 2.24) is 15.6 Å². The third-order valence-electron chi connectivity index (χ3n) is 3.14. The second kappa shape index (κ2) is 6.02. The van der Waals surface area contributed by atoms with Gasteiger partial charge in [-0.15, -0.1) is 11.3 Å². The zero-order chi connectivity index (χ0) is 13.8. The lowest BCUT2D eigenvalue weighted by atomic mass is 10.1. The van der Waals surface area contributed by atoms with Crippen LogP contribution in [0.4, 0.5) is 0 Å². The monoisotopic (exact) mass is 289 g/mol. The van der Waals surface area contributed by atoms with E-state index in [1.165, 1.54) is 16.9 Å². The van der Waals surface area contributed by atoms with Gasteiger partial charge in [0, 0.05) is 24.0 Å². The second-order valence-corrected chi connectivity index (χ2v) is 5.41. The first-order valence-corrected chi connectivity index (χ1v) is 7.36. The smallest absolute Gasteiger partial charge is 0.271 e. The Morgan fingerprint density at radius 2 is 2.50 bits per heavy atom. The lowest BCUT2D eigenvalue weighted by molar-refractivity contribution is 0.0952. The zero-order valence-corrected chi connectivity index (χ0v) is 11.7. The topological polar surface area (TPSA) is 67.2 Å². The molecule has 5 nitrogen and oxygen atoms in total. The molecule has 3 rings (SSSR count). The summed E-state index contributed by atoms with van der Waals surface area (Å²) in [5.74, 6) is -0.129. The van der Waals surface area contributed by atoms with Crippen LogP contribution in [0.25, 0.3) is 10.6 Å². The summed E-state index contributed by atoms with van der Waals surface area (Å²) in [5.41, 5.74) is 2.62. The minimum Gasteiger partial charge on any atom is -0.472 e. The average molecular weight is 289 g/mol. The number of hydrogen-bond donors (Lipinski definition) is 2. The van der Waals surface area contributed by atoms with E-state index in [-0.39, 0.29) is 5.91 Å². The van der Waals surface area contributed by atoms with E-state index in [2.05, 4.69) is 21.7 Å². The van der Waals surface area contributed by atoms with Crippen molar-refractivity contribution >= 4 is 17.2 Å². The molecule has 0 saturated heterocycles. The number of thiazole rings is 1. The minimum absolute atomic E-state index is 0.129. The number of carbonyl (C=O) groups is 1. The predicted octanol–water partition coefficient (Wildman–Crippen LogP) is 2.05. The molecule has 20 heavy (non-hydrogen) atoms. The van der Waals surface area contributed by atoms with E-state index >= 15 is 0 Å². The molecule has 0 aromatic carbocycles. The van der Waals surface area contributed by atoms with Crippen LogP contribution >= 0.6 is 11.3 Å². The molecule has 2 N–H and O–H groups in total. The lowest BCUT2D eigenvalue weighted by Gasteiger charge is -2.14. The summed E-state index contributed by atoms with van der Waals surface area (Å²) >= 11 is 1.44. The van der Waals surface area contributed by atoms with Gasteiger partial charge >= 0.3 is 0 Å². The van der Waals surface area contributed by atoms with Crippen LogP contribution in [0.5, 0.6) is 0 Å². The molecular formula is C14H15N3O2S. The number of amides is 1. The minimum atomic E-state index is -0.129. The first-order chi connectivity index (χ1) is 9.83. The lowest BCUT2D eigenvalue weighted by Crippen LogP contribution is -2.29. The van der Waals surface area contributed by atoms with Crippen LogP contribution in [-0.2, 0) is 0 Å². The first-order valence-electron chi connectivity index (χ1n) is 6.48. The van der Waals surface area contributed by atoms with Gasteiger partial charge in [0.2, 0.25) is 0 Å². The summed E-state index contributed by atoms with van der Waals surface area (Å²) in [4.78, 5) is 16.4. The van der Waals surface area contributed by atoms with Gasteiger partial charge in [-0.25, -0.2) is 4.98 Å². The highest BCUT2D eigenvalue weighted by Crippen LogP contribution is 2.23. The standard InChI is InChI=1S/C14H15N3O2S/c18-13(16-7-10-1-4-15-5-2-10)12-9-20-14(17-12)11-3-6-19-8-11/h1,3,6,8-9,15H,2,4-5,7H2,(H,16,18). The SMILES string of the molecule is O=C(NCC1=CCNCC1)c1csc(-c2ccoc2)n1. The number of aromatic nitrogens is 1. The maximum absolute atomic E-state index is 12.0. The van der Waals surface area contributed by atoms with Crippen molar-refractivity contribution in [3.05, 3.63) is 41.3 Å². The van der Waals surface area contributed by atoms with E-state index in [0.717, 1.165) is 30.1 Å². The second-order valence-electron chi connectivity index (χ2n) is 4.55. The Labute approximate surface area is 120 Å². The molecule has 1 aliphatic heterocycles. The van der Waals surface area contributed by atoms with Gasteiger partial charge in [-0.2, -0.15) is 0 Å². The molecule has 0 radical (unpaired) electrons. The van der Waals surface area contributed by atoms with Crippen molar-refractivity contribution in [1.29, 1.82) is 0 Å². The molecule has 0 aliphatic carbocycles. The summed E-state index contributed by atoms with van der Waals surface area (Å²) in [6, 6.07) is 1.83. The molecule has 3 heterocycles. The molecule has 0 bridgehead atoms. The summed E-state index contributed by atoms with van der Waals surface area (Å²) in [6.07, 6.45) is 6.33. The van der Waals surface area contributed by atoms with Gasteiger partial charge in [-0.1, -0.05) is 11.6 Å². The van der Waals surface area contributed by atoms with Crippen LogP contribution in [0.3, 0.4) is 0 Å². The Morgan fingerprint density at radius 3 is 3.25 bits per heavy atom. The fourth-order valence-corrected chi connectivity index (χ4v) is 2.80. The molecule has 0 fully saturated rings. The Balaban J connectivity index is 1.61. The molecule has 2 aromatic heterocycles. The number of nitrogens with zero attached hydrogens (tertiary/aromatic N) is 1. The van der Waals surface area contributed by atoms with Crippen LogP contribution in [-0.4, -0.2) is 30.5 Å². The maximum atomic E-state index is 12.0. The zero-order valence-electron chi connectivity index (χ0n) is 10.9. The van der Waals surface area contributed by atoms with Crippen LogP contribution in [0.1, 0.15) is 16.9 Å². The molecule has 104 valence electrons. The van der Waals surface area contributed by atoms with Gasteiger partial charge in [0.1, 0.15) is 17.0 Å². The van der Waals surface area contributed by atoms with Crippen molar-refractivity contribution in [2.45, 2.75) is 6.42 Å². The van der Waals surface area contributed by atoms with Crippen LogP contribution < -0.4 is 10.6 Å². The molecule has 6 heteroatoms. The van der Waals surface area contributed by atoms with Gasteiger partial charge < -0.3 is 15.1 Å². The largest absolute Gasteiger partial charge is 0.472 e. The third kappa shape index (κ3) is 2.97.